The predicted octanol–water partition coefficient (Wildman–Crippen LogP) is 3.26. The molecule has 3 atom stereocenters. The average Bonchev–Trinajstić information content (AvgIpc) is 3.57. The molecular weight excluding hydrogens is 555 g/mol. The molecule has 4 aliphatic heterocycles. The Morgan fingerprint density at radius 3 is 2.52 bits per heavy atom. The highest BCUT2D eigenvalue weighted by molar-refractivity contribution is 7.16. The highest BCUT2D eigenvalue weighted by atomic mass is 32.1. The summed E-state index contributed by atoms with van der Waals surface area (Å²) in [4.78, 5) is 17.0. The second-order valence-electron chi connectivity index (χ2n) is 13.3. The highest BCUT2D eigenvalue weighted by Crippen LogP contribution is 2.51. The molecule has 42 heavy (non-hydrogen) atoms. The summed E-state index contributed by atoms with van der Waals surface area (Å²) in [5.41, 5.74) is 6.83. The molecular formula is C30H37FN8O2S. The van der Waals surface area contributed by atoms with Gasteiger partial charge >= 0.3 is 6.01 Å². The fourth-order valence-electron chi connectivity index (χ4n) is 8.30. The van der Waals surface area contributed by atoms with Crippen LogP contribution >= 0.6 is 11.3 Å². The number of nitrogen functional groups attached to an aromatic ring is 1. The summed E-state index contributed by atoms with van der Waals surface area (Å²) in [5, 5.41) is 31.8. The van der Waals surface area contributed by atoms with Gasteiger partial charge in [0.1, 0.15) is 35.5 Å². The van der Waals surface area contributed by atoms with E-state index in [-0.39, 0.29) is 17.0 Å². The molecule has 12 heteroatoms. The van der Waals surface area contributed by atoms with E-state index < -0.39 is 11.8 Å². The molecule has 10 nitrogen and oxygen atoms in total. The second-order valence-corrected chi connectivity index (χ2v) is 14.4. The number of rotatable bonds is 5. The van der Waals surface area contributed by atoms with Crippen molar-refractivity contribution in [3.63, 3.8) is 0 Å². The Hall–Kier alpha value is -3.19. The number of thiophene rings is 1. The first-order chi connectivity index (χ1) is 20.2. The van der Waals surface area contributed by atoms with Crippen molar-refractivity contribution in [2.75, 3.05) is 61.4 Å². The first kappa shape index (κ1) is 27.6. The number of aryl methyl sites for hydroxylation is 1. The number of piperidine rings is 1. The van der Waals surface area contributed by atoms with Crippen molar-refractivity contribution in [1.82, 2.24) is 14.9 Å². The molecule has 7 rings (SSSR count). The molecule has 1 spiro atoms. The van der Waals surface area contributed by atoms with Crippen LogP contribution in [0.2, 0.25) is 0 Å². The molecule has 0 bridgehead atoms. The third-order valence-corrected chi connectivity index (χ3v) is 11.2. The fraction of sp³-hybridized carbons (Fsp3) is 0.667. The third kappa shape index (κ3) is 4.38. The number of ether oxygens (including phenoxy) is 1. The fourth-order valence-corrected chi connectivity index (χ4v) is 9.48. The largest absolute Gasteiger partial charge is 0.461 e. The van der Waals surface area contributed by atoms with Crippen LogP contribution in [-0.4, -0.2) is 83.2 Å². The SMILES string of the molecule is C[C@@]1(O)CCCN(c2nc(OC[C@@]34CCCN3C[C@H](F)C4)nc(N3CC4(CCCc5sc(N)c(C#N)c54)C3)c2C#N)C1. The lowest BCUT2D eigenvalue weighted by Gasteiger charge is -2.53. The summed E-state index contributed by atoms with van der Waals surface area (Å²) in [7, 11) is 0. The summed E-state index contributed by atoms with van der Waals surface area (Å²) in [6.07, 6.45) is 5.83. The van der Waals surface area contributed by atoms with Crippen LogP contribution in [0.1, 0.15) is 73.4 Å². The Morgan fingerprint density at radius 1 is 1.05 bits per heavy atom. The van der Waals surface area contributed by atoms with E-state index in [4.69, 9.17) is 20.4 Å². The van der Waals surface area contributed by atoms with Gasteiger partial charge in [-0.3, -0.25) is 4.90 Å². The van der Waals surface area contributed by atoms with Crippen LogP contribution in [-0.2, 0) is 11.8 Å². The minimum atomic E-state index is -0.897. The number of anilines is 3. The lowest BCUT2D eigenvalue weighted by Crippen LogP contribution is -2.61. The van der Waals surface area contributed by atoms with Crippen LogP contribution in [0.5, 0.6) is 6.01 Å². The summed E-state index contributed by atoms with van der Waals surface area (Å²) in [6.45, 7) is 5.66. The molecule has 0 unspecified atom stereocenters. The smallest absolute Gasteiger partial charge is 0.320 e. The highest BCUT2D eigenvalue weighted by Gasteiger charge is 2.52. The summed E-state index contributed by atoms with van der Waals surface area (Å²) >= 11 is 1.52. The van der Waals surface area contributed by atoms with Crippen LogP contribution in [0, 0.1) is 22.7 Å². The van der Waals surface area contributed by atoms with E-state index in [2.05, 4.69) is 21.9 Å². The number of hydrogen-bond donors (Lipinski definition) is 2. The molecule has 6 heterocycles. The van der Waals surface area contributed by atoms with E-state index in [0.717, 1.165) is 50.6 Å². The number of hydrogen-bond acceptors (Lipinski definition) is 11. The van der Waals surface area contributed by atoms with Crippen molar-refractivity contribution in [3.8, 4) is 18.1 Å². The Labute approximate surface area is 249 Å². The number of β-amino-alcohol motifs (C(OH)–C–C–N with tert-alkyl or cyclic N) is 1. The van der Waals surface area contributed by atoms with Gasteiger partial charge in [-0.1, -0.05) is 0 Å². The molecule has 0 radical (unpaired) electrons. The quantitative estimate of drug-likeness (QED) is 0.532. The number of alkyl halides is 1. The number of nitrogens with two attached hydrogens (primary N) is 1. The van der Waals surface area contributed by atoms with Gasteiger partial charge in [-0.05, 0) is 64.0 Å². The lowest BCUT2D eigenvalue weighted by molar-refractivity contribution is 0.0446. The van der Waals surface area contributed by atoms with Crippen molar-refractivity contribution in [2.45, 2.75) is 81.0 Å². The van der Waals surface area contributed by atoms with Crippen LogP contribution in [0.25, 0.3) is 0 Å². The van der Waals surface area contributed by atoms with Gasteiger partial charge in [0.25, 0.3) is 0 Å². The Morgan fingerprint density at radius 2 is 1.79 bits per heavy atom. The number of aromatic nitrogens is 2. The molecule has 5 aliphatic rings. The number of nitrogens with zero attached hydrogens (tertiary/aromatic N) is 7. The van der Waals surface area contributed by atoms with Crippen LogP contribution in [0.3, 0.4) is 0 Å². The average molecular weight is 593 g/mol. The van der Waals surface area contributed by atoms with Crippen molar-refractivity contribution < 1.29 is 14.2 Å². The topological polar surface area (TPSA) is 139 Å². The monoisotopic (exact) mass is 592 g/mol. The van der Waals surface area contributed by atoms with Crippen molar-refractivity contribution in [2.24, 2.45) is 0 Å². The van der Waals surface area contributed by atoms with Gasteiger partial charge in [0.15, 0.2) is 11.6 Å². The van der Waals surface area contributed by atoms with Crippen molar-refractivity contribution in [1.29, 1.82) is 10.5 Å². The lowest BCUT2D eigenvalue weighted by atomic mass is 9.66. The van der Waals surface area contributed by atoms with E-state index in [9.17, 15) is 20.0 Å². The molecule has 1 aliphatic carbocycles. The van der Waals surface area contributed by atoms with Crippen molar-refractivity contribution >= 4 is 28.0 Å². The summed E-state index contributed by atoms with van der Waals surface area (Å²) in [5.74, 6) is 0.980. The molecule has 0 aromatic carbocycles. The van der Waals surface area contributed by atoms with E-state index in [1.165, 1.54) is 16.2 Å². The Balaban J connectivity index is 1.23. The van der Waals surface area contributed by atoms with Gasteiger partial charge in [-0.25, -0.2) is 4.39 Å². The first-order valence-electron chi connectivity index (χ1n) is 15.0. The van der Waals surface area contributed by atoms with E-state index in [1.807, 2.05) is 11.8 Å². The molecule has 0 saturated carbocycles. The summed E-state index contributed by atoms with van der Waals surface area (Å²) < 4.78 is 20.7. The zero-order valence-corrected chi connectivity index (χ0v) is 24.8. The molecule has 0 amide bonds. The van der Waals surface area contributed by atoms with E-state index in [1.54, 1.807) is 0 Å². The van der Waals surface area contributed by atoms with E-state index >= 15 is 0 Å². The summed E-state index contributed by atoms with van der Waals surface area (Å²) in [6, 6.07) is 4.89. The van der Waals surface area contributed by atoms with Crippen molar-refractivity contribution in [3.05, 3.63) is 21.6 Å². The van der Waals surface area contributed by atoms with Crippen LogP contribution in [0.15, 0.2) is 0 Å². The van der Waals surface area contributed by atoms with Gasteiger partial charge in [0, 0.05) is 49.4 Å². The van der Waals surface area contributed by atoms with E-state index in [0.29, 0.717) is 79.9 Å². The maximum atomic E-state index is 14.4. The predicted molar refractivity (Wildman–Crippen MR) is 158 cm³/mol. The molecule has 3 N–H and O–H groups in total. The Kier molecular flexibility index (Phi) is 6.54. The minimum absolute atomic E-state index is 0.176. The number of halogens is 1. The maximum absolute atomic E-state index is 14.4. The third-order valence-electron chi connectivity index (χ3n) is 10.2. The second kappa shape index (κ2) is 9.94. The zero-order valence-electron chi connectivity index (χ0n) is 24.0. The van der Waals surface area contributed by atoms with Gasteiger partial charge in [-0.15, -0.1) is 11.3 Å². The molecule has 4 fully saturated rings. The Bertz CT molecular complexity index is 1490. The first-order valence-corrected chi connectivity index (χ1v) is 15.9. The van der Waals surface area contributed by atoms with Gasteiger partial charge < -0.3 is 25.4 Å². The standard InChI is InChI=1S/C30H37FN8O2S/c1-28(40)6-3-9-37(15-28)25-21(13-33)26(36-27(35-25)41-18-30-8-4-10-39(30)14-19(31)11-30)38-16-29(17-38)7-2-5-22-23(29)20(12-32)24(34)42-22/h19,40H,2-11,14-18,34H2,1H3/t19-,28-,30+/m1/s1. The molecule has 2 aromatic heterocycles. The van der Waals surface area contributed by atoms with Gasteiger partial charge in [0.05, 0.1) is 16.7 Å². The van der Waals surface area contributed by atoms with Gasteiger partial charge in [0.2, 0.25) is 0 Å². The number of aliphatic hydroxyl groups is 1. The molecule has 2 aromatic rings. The van der Waals surface area contributed by atoms with Crippen LogP contribution in [0.4, 0.5) is 21.0 Å². The number of nitriles is 2. The normalized spacial score (nSPS) is 30.0. The minimum Gasteiger partial charge on any atom is -0.461 e. The van der Waals surface area contributed by atoms with Gasteiger partial charge in [-0.2, -0.15) is 20.5 Å². The van der Waals surface area contributed by atoms with Crippen LogP contribution < -0.4 is 20.3 Å². The number of fused-ring (bicyclic) bond motifs is 3. The molecule has 4 saturated heterocycles. The zero-order chi connectivity index (χ0) is 29.3. The maximum Gasteiger partial charge on any atom is 0.320 e. The molecule has 222 valence electrons.